The van der Waals surface area contributed by atoms with Crippen molar-refractivity contribution < 1.29 is 9.53 Å². The largest absolute Gasteiger partial charge is 0.421 e. The van der Waals surface area contributed by atoms with Crippen LogP contribution in [0.25, 0.3) is 11.1 Å². The lowest BCUT2D eigenvalue weighted by molar-refractivity contribution is 0.0734. The van der Waals surface area contributed by atoms with E-state index in [1.165, 1.54) is 12.3 Å². The van der Waals surface area contributed by atoms with Crippen LogP contribution in [0.3, 0.4) is 0 Å². The van der Waals surface area contributed by atoms with E-state index in [2.05, 4.69) is 4.98 Å². The fraction of sp³-hybridized carbons (Fsp3) is 0. The Morgan fingerprint density at radius 2 is 1.54 bits per heavy atom. The van der Waals surface area contributed by atoms with E-state index in [1.807, 2.05) is 12.1 Å². The quantitative estimate of drug-likeness (QED) is 0.419. The van der Waals surface area contributed by atoms with Crippen LogP contribution < -0.4 is 4.74 Å². The fourth-order valence-electron chi connectivity index (χ4n) is 2.07. The molecule has 0 aliphatic carbocycles. The topological polar surface area (TPSA) is 39.2 Å². The van der Waals surface area contributed by atoms with Crippen molar-refractivity contribution in [1.29, 1.82) is 0 Å². The SMILES string of the molecule is O=C(Oc1ccc(Cl)cc1Cl)c1cncc(-c2ccc(Cl)cc2)c1. The van der Waals surface area contributed by atoms with Crippen molar-refractivity contribution in [1.82, 2.24) is 4.98 Å². The van der Waals surface area contributed by atoms with Crippen LogP contribution in [0.4, 0.5) is 0 Å². The number of esters is 1. The van der Waals surface area contributed by atoms with Crippen LogP contribution in [0.5, 0.6) is 5.75 Å². The van der Waals surface area contributed by atoms with E-state index < -0.39 is 5.97 Å². The predicted octanol–water partition coefficient (Wildman–Crippen LogP) is 5.93. The maximum atomic E-state index is 12.3. The van der Waals surface area contributed by atoms with Crippen LogP contribution in [0.2, 0.25) is 15.1 Å². The second-order valence-corrected chi connectivity index (χ2v) is 6.21. The Kier molecular flexibility index (Phi) is 5.05. The van der Waals surface area contributed by atoms with Crippen LogP contribution in [0, 0.1) is 0 Å². The molecule has 0 saturated carbocycles. The number of ether oxygens (including phenoxy) is 1. The molecule has 2 aromatic carbocycles. The zero-order chi connectivity index (χ0) is 17.1. The Hall–Kier alpha value is -2.07. The van der Waals surface area contributed by atoms with Gasteiger partial charge in [0.05, 0.1) is 10.6 Å². The highest BCUT2D eigenvalue weighted by molar-refractivity contribution is 6.35. The van der Waals surface area contributed by atoms with E-state index >= 15 is 0 Å². The van der Waals surface area contributed by atoms with Crippen LogP contribution >= 0.6 is 34.8 Å². The number of aromatic nitrogens is 1. The van der Waals surface area contributed by atoms with E-state index in [0.717, 1.165) is 11.1 Å². The molecule has 0 spiro atoms. The lowest BCUT2D eigenvalue weighted by atomic mass is 10.1. The number of carbonyl (C=O) groups excluding carboxylic acids is 1. The van der Waals surface area contributed by atoms with Gasteiger partial charge in [-0.05, 0) is 42.0 Å². The Morgan fingerprint density at radius 3 is 2.25 bits per heavy atom. The zero-order valence-electron chi connectivity index (χ0n) is 12.2. The van der Waals surface area contributed by atoms with Gasteiger partial charge in [-0.25, -0.2) is 4.79 Å². The second kappa shape index (κ2) is 7.22. The van der Waals surface area contributed by atoms with E-state index in [1.54, 1.807) is 36.5 Å². The third-order valence-electron chi connectivity index (χ3n) is 3.25. The van der Waals surface area contributed by atoms with Crippen LogP contribution in [-0.4, -0.2) is 11.0 Å². The Balaban J connectivity index is 1.85. The maximum absolute atomic E-state index is 12.3. The maximum Gasteiger partial charge on any atom is 0.345 e. The molecule has 0 radical (unpaired) electrons. The summed E-state index contributed by atoms with van der Waals surface area (Å²) >= 11 is 17.7. The molecule has 3 aromatic rings. The molecule has 3 rings (SSSR count). The summed E-state index contributed by atoms with van der Waals surface area (Å²) in [6.07, 6.45) is 3.10. The Bertz CT molecular complexity index is 895. The minimum atomic E-state index is -0.553. The summed E-state index contributed by atoms with van der Waals surface area (Å²) in [6.45, 7) is 0. The normalized spacial score (nSPS) is 10.5. The first-order valence-corrected chi connectivity index (χ1v) is 8.04. The molecule has 0 fully saturated rings. The number of carbonyl (C=O) groups is 1. The standard InChI is InChI=1S/C18H10Cl3NO2/c19-14-3-1-11(2-4-14)12-7-13(10-22-9-12)18(23)24-17-6-5-15(20)8-16(17)21/h1-10H. The summed E-state index contributed by atoms with van der Waals surface area (Å²) in [5.41, 5.74) is 1.99. The van der Waals surface area contributed by atoms with E-state index in [4.69, 9.17) is 39.5 Å². The molecule has 0 bridgehead atoms. The Morgan fingerprint density at radius 1 is 0.833 bits per heavy atom. The first-order valence-electron chi connectivity index (χ1n) is 6.91. The highest BCUT2D eigenvalue weighted by Gasteiger charge is 2.13. The molecule has 0 aliphatic rings. The van der Waals surface area contributed by atoms with Crippen LogP contribution in [-0.2, 0) is 0 Å². The highest BCUT2D eigenvalue weighted by Crippen LogP contribution is 2.28. The van der Waals surface area contributed by atoms with Gasteiger partial charge in [0, 0.05) is 28.0 Å². The van der Waals surface area contributed by atoms with Gasteiger partial charge in [-0.3, -0.25) is 4.98 Å². The van der Waals surface area contributed by atoms with Crippen LogP contribution in [0.1, 0.15) is 10.4 Å². The summed E-state index contributed by atoms with van der Waals surface area (Å²) in [5, 5.41) is 1.36. The third kappa shape index (κ3) is 3.88. The first kappa shape index (κ1) is 16.8. The predicted molar refractivity (Wildman–Crippen MR) is 96.1 cm³/mol. The molecule has 3 nitrogen and oxygen atoms in total. The van der Waals surface area contributed by atoms with Gasteiger partial charge >= 0.3 is 5.97 Å². The molecular weight excluding hydrogens is 369 g/mol. The third-order valence-corrected chi connectivity index (χ3v) is 4.03. The van der Waals surface area contributed by atoms with Gasteiger partial charge in [0.15, 0.2) is 0 Å². The molecule has 6 heteroatoms. The second-order valence-electron chi connectivity index (χ2n) is 4.93. The molecule has 0 aliphatic heterocycles. The summed E-state index contributed by atoms with van der Waals surface area (Å²) in [5.74, 6) is -0.314. The van der Waals surface area contributed by atoms with E-state index in [-0.39, 0.29) is 10.8 Å². The van der Waals surface area contributed by atoms with E-state index in [9.17, 15) is 4.79 Å². The van der Waals surface area contributed by atoms with Crippen molar-refractivity contribution in [3.63, 3.8) is 0 Å². The number of hydrogen-bond donors (Lipinski definition) is 0. The molecule has 0 unspecified atom stereocenters. The molecule has 0 atom stereocenters. The van der Waals surface area contributed by atoms with Gasteiger partial charge < -0.3 is 4.74 Å². The minimum absolute atomic E-state index is 0.239. The van der Waals surface area contributed by atoms with Gasteiger partial charge in [-0.15, -0.1) is 0 Å². The number of rotatable bonds is 3. The van der Waals surface area contributed by atoms with Crippen molar-refractivity contribution in [2.24, 2.45) is 0 Å². The molecule has 0 amide bonds. The molecule has 1 heterocycles. The minimum Gasteiger partial charge on any atom is -0.421 e. The van der Waals surface area contributed by atoms with Crippen molar-refractivity contribution in [3.8, 4) is 16.9 Å². The summed E-state index contributed by atoms with van der Waals surface area (Å²) in [7, 11) is 0. The number of nitrogens with zero attached hydrogens (tertiary/aromatic N) is 1. The average molecular weight is 379 g/mol. The number of hydrogen-bond acceptors (Lipinski definition) is 3. The van der Waals surface area contributed by atoms with Gasteiger partial charge in [0.1, 0.15) is 5.75 Å². The fourth-order valence-corrected chi connectivity index (χ4v) is 2.64. The van der Waals surface area contributed by atoms with Crippen molar-refractivity contribution in [2.45, 2.75) is 0 Å². The van der Waals surface area contributed by atoms with Gasteiger partial charge in [0.2, 0.25) is 0 Å². The summed E-state index contributed by atoms with van der Waals surface area (Å²) < 4.78 is 5.31. The smallest absolute Gasteiger partial charge is 0.345 e. The average Bonchev–Trinajstić information content (AvgIpc) is 2.58. The van der Waals surface area contributed by atoms with Crippen molar-refractivity contribution >= 4 is 40.8 Å². The highest BCUT2D eigenvalue weighted by atomic mass is 35.5. The van der Waals surface area contributed by atoms with Crippen molar-refractivity contribution in [2.75, 3.05) is 0 Å². The van der Waals surface area contributed by atoms with Crippen molar-refractivity contribution in [3.05, 3.63) is 81.6 Å². The number of halogens is 3. The van der Waals surface area contributed by atoms with Gasteiger partial charge in [-0.2, -0.15) is 0 Å². The zero-order valence-corrected chi connectivity index (χ0v) is 14.4. The van der Waals surface area contributed by atoms with Crippen LogP contribution in [0.15, 0.2) is 60.9 Å². The number of benzene rings is 2. The lowest BCUT2D eigenvalue weighted by Crippen LogP contribution is -2.09. The first-order chi connectivity index (χ1) is 11.5. The molecule has 120 valence electrons. The monoisotopic (exact) mass is 377 g/mol. The Labute approximate surface area is 153 Å². The van der Waals surface area contributed by atoms with Gasteiger partial charge in [0.25, 0.3) is 0 Å². The summed E-state index contributed by atoms with van der Waals surface area (Å²) in [4.78, 5) is 16.4. The molecular formula is C18H10Cl3NO2. The molecule has 0 saturated heterocycles. The molecule has 0 N–H and O–H groups in total. The van der Waals surface area contributed by atoms with E-state index in [0.29, 0.717) is 15.6 Å². The molecule has 24 heavy (non-hydrogen) atoms. The van der Waals surface area contributed by atoms with Gasteiger partial charge in [-0.1, -0.05) is 46.9 Å². The summed E-state index contributed by atoms with van der Waals surface area (Å²) in [6, 6.07) is 13.6. The lowest BCUT2D eigenvalue weighted by Gasteiger charge is -2.08. The molecule has 1 aromatic heterocycles. The number of pyridine rings is 1.